The molecular weight excluding hydrogens is 352 g/mol. The summed E-state index contributed by atoms with van der Waals surface area (Å²) in [5, 5.41) is 0. The molecule has 0 aliphatic heterocycles. The van der Waals surface area contributed by atoms with Crippen molar-refractivity contribution >= 4 is 14.3 Å². The van der Waals surface area contributed by atoms with Gasteiger partial charge in [-0.2, -0.15) is 0 Å². The molecule has 4 heteroatoms. The predicted octanol–water partition coefficient (Wildman–Crippen LogP) is 6.21. The Morgan fingerprint density at radius 3 is 2.07 bits per heavy atom. The van der Waals surface area contributed by atoms with Gasteiger partial charge in [0.05, 0.1) is 11.5 Å². The molecule has 3 atom stereocenters. The predicted molar refractivity (Wildman–Crippen MR) is 118 cm³/mol. The molecule has 0 aromatic carbocycles. The highest BCUT2D eigenvalue weighted by atomic mass is 28.4. The van der Waals surface area contributed by atoms with Crippen molar-refractivity contribution in [3.8, 4) is 12.3 Å². The van der Waals surface area contributed by atoms with E-state index in [-0.39, 0.29) is 18.0 Å². The molecule has 0 heterocycles. The first-order chi connectivity index (χ1) is 12.5. The standard InChI is InChI=1S/C23H42O3Si/c1-11-15-19(6)21(26-27(12-2,13-3)14-4)20(7)16-18(5)17-25-22(24)23(8,9)10/h1,16,19-21H,12-15,17H2,2-10H3/b18-16+/t19-,20+,21-/m0/s1. The molecule has 0 amide bonds. The molecule has 0 aliphatic carbocycles. The van der Waals surface area contributed by atoms with E-state index in [1.807, 2.05) is 27.7 Å². The van der Waals surface area contributed by atoms with Crippen LogP contribution in [-0.4, -0.2) is 27.0 Å². The first-order valence-corrected chi connectivity index (χ1v) is 12.9. The number of ether oxygens (including phenoxy) is 1. The molecule has 0 radical (unpaired) electrons. The van der Waals surface area contributed by atoms with Gasteiger partial charge < -0.3 is 9.16 Å². The lowest BCUT2D eigenvalue weighted by Crippen LogP contribution is -2.44. The Morgan fingerprint density at radius 1 is 1.15 bits per heavy atom. The summed E-state index contributed by atoms with van der Waals surface area (Å²) in [6.07, 6.45) is 8.58. The van der Waals surface area contributed by atoms with Crippen LogP contribution in [0.2, 0.25) is 18.1 Å². The molecule has 0 bridgehead atoms. The maximum atomic E-state index is 12.0. The minimum Gasteiger partial charge on any atom is -0.461 e. The van der Waals surface area contributed by atoms with Gasteiger partial charge in [-0.05, 0) is 63.2 Å². The molecule has 156 valence electrons. The second-order valence-electron chi connectivity index (χ2n) is 8.91. The molecule has 0 aliphatic rings. The smallest absolute Gasteiger partial charge is 0.311 e. The van der Waals surface area contributed by atoms with Gasteiger partial charge in [-0.3, -0.25) is 4.79 Å². The van der Waals surface area contributed by atoms with Crippen LogP contribution in [-0.2, 0) is 14.0 Å². The molecule has 0 N–H and O–H groups in total. The molecule has 0 spiro atoms. The van der Waals surface area contributed by atoms with E-state index in [0.29, 0.717) is 18.9 Å². The van der Waals surface area contributed by atoms with Crippen LogP contribution >= 0.6 is 0 Å². The van der Waals surface area contributed by atoms with Crippen LogP contribution in [0.15, 0.2) is 11.6 Å². The Balaban J connectivity index is 5.31. The first-order valence-electron chi connectivity index (χ1n) is 10.4. The zero-order chi connectivity index (χ0) is 21.3. The van der Waals surface area contributed by atoms with Crippen molar-refractivity contribution in [2.75, 3.05) is 6.61 Å². The minimum absolute atomic E-state index is 0.0980. The van der Waals surface area contributed by atoms with Crippen molar-refractivity contribution in [3.63, 3.8) is 0 Å². The fourth-order valence-electron chi connectivity index (χ4n) is 3.32. The highest BCUT2D eigenvalue weighted by Gasteiger charge is 2.35. The molecule has 0 rings (SSSR count). The normalized spacial score (nSPS) is 16.4. The van der Waals surface area contributed by atoms with Crippen LogP contribution in [0, 0.1) is 29.6 Å². The summed E-state index contributed by atoms with van der Waals surface area (Å²) in [6.45, 7) is 19.1. The second-order valence-corrected chi connectivity index (χ2v) is 13.6. The molecule has 0 unspecified atom stereocenters. The maximum absolute atomic E-state index is 12.0. The van der Waals surface area contributed by atoms with E-state index in [0.717, 1.165) is 23.7 Å². The van der Waals surface area contributed by atoms with E-state index in [1.54, 1.807) is 0 Å². The van der Waals surface area contributed by atoms with E-state index in [9.17, 15) is 4.79 Å². The second kappa shape index (κ2) is 11.7. The number of hydrogen-bond acceptors (Lipinski definition) is 3. The van der Waals surface area contributed by atoms with Crippen LogP contribution in [0.1, 0.15) is 68.7 Å². The molecule has 0 fully saturated rings. The van der Waals surface area contributed by atoms with Gasteiger partial charge >= 0.3 is 5.97 Å². The summed E-state index contributed by atoms with van der Waals surface area (Å²) in [5.74, 6) is 3.14. The number of rotatable bonds is 11. The van der Waals surface area contributed by atoms with Crippen LogP contribution in [0.4, 0.5) is 0 Å². The highest BCUT2D eigenvalue weighted by molar-refractivity contribution is 6.73. The topological polar surface area (TPSA) is 35.5 Å². The van der Waals surface area contributed by atoms with Crippen LogP contribution in [0.3, 0.4) is 0 Å². The third kappa shape index (κ3) is 8.66. The fraction of sp³-hybridized carbons (Fsp3) is 0.783. The number of carbonyl (C=O) groups excluding carboxylic acids is 1. The third-order valence-electron chi connectivity index (χ3n) is 5.43. The molecule has 0 saturated carbocycles. The van der Waals surface area contributed by atoms with E-state index in [2.05, 4.69) is 46.6 Å². The van der Waals surface area contributed by atoms with Gasteiger partial charge in [0.2, 0.25) is 0 Å². The Kier molecular flexibility index (Phi) is 11.3. The van der Waals surface area contributed by atoms with Crippen LogP contribution in [0.25, 0.3) is 0 Å². The number of carbonyl (C=O) groups is 1. The van der Waals surface area contributed by atoms with Crippen molar-refractivity contribution in [1.29, 1.82) is 0 Å². The number of esters is 1. The first kappa shape index (κ1) is 25.9. The van der Waals surface area contributed by atoms with Crippen molar-refractivity contribution in [2.45, 2.75) is 93.0 Å². The number of hydrogen-bond donors (Lipinski definition) is 0. The molecule has 27 heavy (non-hydrogen) atoms. The molecular formula is C23H42O3Si. The Morgan fingerprint density at radius 2 is 1.67 bits per heavy atom. The molecule has 3 nitrogen and oxygen atoms in total. The number of terminal acetylenes is 1. The zero-order valence-corrected chi connectivity index (χ0v) is 20.1. The quantitative estimate of drug-likeness (QED) is 0.181. The lowest BCUT2D eigenvalue weighted by Gasteiger charge is -2.38. The summed E-state index contributed by atoms with van der Waals surface area (Å²) >= 11 is 0. The Hall–Kier alpha value is -1.05. The minimum atomic E-state index is -1.73. The van der Waals surface area contributed by atoms with Gasteiger partial charge in [0.1, 0.15) is 6.61 Å². The molecule has 0 aromatic heterocycles. The molecule has 0 aromatic rings. The molecule has 0 saturated heterocycles. The van der Waals surface area contributed by atoms with Gasteiger partial charge in [-0.25, -0.2) is 0 Å². The van der Waals surface area contributed by atoms with E-state index in [1.165, 1.54) is 0 Å². The highest BCUT2D eigenvalue weighted by Crippen LogP contribution is 2.31. The maximum Gasteiger partial charge on any atom is 0.311 e. The van der Waals surface area contributed by atoms with Gasteiger partial charge in [0.25, 0.3) is 0 Å². The van der Waals surface area contributed by atoms with Crippen LogP contribution in [0.5, 0.6) is 0 Å². The zero-order valence-electron chi connectivity index (χ0n) is 19.1. The summed E-state index contributed by atoms with van der Waals surface area (Å²) < 4.78 is 12.3. The monoisotopic (exact) mass is 394 g/mol. The van der Waals surface area contributed by atoms with E-state index in [4.69, 9.17) is 15.6 Å². The SMILES string of the molecule is C#CC[C@H](C)[C@H](O[Si](CC)(CC)CC)[C@H](C)/C=C(\C)COC(=O)C(C)(C)C. The van der Waals surface area contributed by atoms with Crippen molar-refractivity contribution in [1.82, 2.24) is 0 Å². The fourth-order valence-corrected chi connectivity index (χ4v) is 6.34. The van der Waals surface area contributed by atoms with E-state index < -0.39 is 13.7 Å². The largest absolute Gasteiger partial charge is 0.461 e. The van der Waals surface area contributed by atoms with Gasteiger partial charge in [0, 0.05) is 6.42 Å². The van der Waals surface area contributed by atoms with Gasteiger partial charge in [-0.15, -0.1) is 12.3 Å². The average molecular weight is 395 g/mol. The lowest BCUT2D eigenvalue weighted by molar-refractivity contribution is -0.151. The Bertz CT molecular complexity index is 512. The van der Waals surface area contributed by atoms with E-state index >= 15 is 0 Å². The van der Waals surface area contributed by atoms with Crippen molar-refractivity contribution in [2.24, 2.45) is 17.3 Å². The van der Waals surface area contributed by atoms with Crippen molar-refractivity contribution in [3.05, 3.63) is 11.6 Å². The average Bonchev–Trinajstić information content (AvgIpc) is 2.60. The van der Waals surface area contributed by atoms with Gasteiger partial charge in [-0.1, -0.05) is 40.7 Å². The van der Waals surface area contributed by atoms with Crippen LogP contribution < -0.4 is 0 Å². The summed E-state index contributed by atoms with van der Waals surface area (Å²) in [6, 6.07) is 3.37. The summed E-state index contributed by atoms with van der Waals surface area (Å²) in [5.41, 5.74) is 0.575. The summed E-state index contributed by atoms with van der Waals surface area (Å²) in [4.78, 5) is 12.0. The Labute approximate surface area is 169 Å². The van der Waals surface area contributed by atoms with Gasteiger partial charge in [0.15, 0.2) is 8.32 Å². The van der Waals surface area contributed by atoms with Crippen molar-refractivity contribution < 1.29 is 14.0 Å². The summed E-state index contributed by atoms with van der Waals surface area (Å²) in [7, 11) is -1.73. The third-order valence-corrected chi connectivity index (χ3v) is 10.1. The lowest BCUT2D eigenvalue weighted by atomic mass is 9.90.